The number of nitrogens with zero attached hydrogens (tertiary/aromatic N) is 6. The van der Waals surface area contributed by atoms with E-state index in [-0.39, 0.29) is 22.5 Å². The summed E-state index contributed by atoms with van der Waals surface area (Å²) in [5.74, 6) is 0.285. The maximum atomic E-state index is 13.4. The van der Waals surface area contributed by atoms with Crippen LogP contribution in [0.15, 0.2) is 64.9 Å². The molecule has 0 atom stereocenters. The Morgan fingerprint density at radius 3 is 2.56 bits per heavy atom. The van der Waals surface area contributed by atoms with E-state index in [4.69, 9.17) is 9.57 Å². The second-order valence-electron chi connectivity index (χ2n) is 9.60. The van der Waals surface area contributed by atoms with Gasteiger partial charge in [0.2, 0.25) is 5.88 Å². The Kier molecular flexibility index (Phi) is 8.81. The van der Waals surface area contributed by atoms with Crippen LogP contribution in [0.25, 0.3) is 10.3 Å². The molecular weight excluding hydrogens is 566 g/mol. The average Bonchev–Trinajstić information content (AvgIpc) is 3.75. The first-order valence-electron chi connectivity index (χ1n) is 13.0. The van der Waals surface area contributed by atoms with E-state index in [0.717, 1.165) is 13.0 Å². The van der Waals surface area contributed by atoms with E-state index in [1.807, 2.05) is 14.1 Å². The van der Waals surface area contributed by atoms with Crippen LogP contribution in [0.4, 0.5) is 5.13 Å². The maximum Gasteiger partial charge on any atom is 0.280 e. The topological polar surface area (TPSA) is 149 Å². The number of oxime groups is 1. The second kappa shape index (κ2) is 12.7. The molecule has 0 bridgehead atoms. The van der Waals surface area contributed by atoms with Gasteiger partial charge in [0.15, 0.2) is 33.1 Å². The fourth-order valence-electron chi connectivity index (χ4n) is 3.81. The number of nitrogens with one attached hydrogen (secondary N) is 1. The molecule has 1 aliphatic carbocycles. The lowest BCUT2D eigenvalue weighted by Gasteiger charge is -2.09. The van der Waals surface area contributed by atoms with Crippen LogP contribution < -0.4 is 10.1 Å². The molecule has 1 amide bonds. The van der Waals surface area contributed by atoms with Gasteiger partial charge < -0.3 is 14.5 Å². The van der Waals surface area contributed by atoms with Crippen LogP contribution in [-0.4, -0.2) is 77.4 Å². The molecule has 3 heterocycles. The van der Waals surface area contributed by atoms with Crippen LogP contribution in [0, 0.1) is 0 Å². The minimum Gasteiger partial charge on any atom is -0.478 e. The summed E-state index contributed by atoms with van der Waals surface area (Å²) in [5, 5.41) is 6.79. The quantitative estimate of drug-likeness (QED) is 0.139. The monoisotopic (exact) mass is 595 g/mol. The van der Waals surface area contributed by atoms with Crippen molar-refractivity contribution >= 4 is 48.3 Å². The number of hydrogen-bond donors (Lipinski definition) is 1. The van der Waals surface area contributed by atoms with Gasteiger partial charge in [0.05, 0.1) is 16.8 Å². The maximum absolute atomic E-state index is 13.4. The molecule has 1 fully saturated rings. The first kappa shape index (κ1) is 28.5. The number of rotatable bonds is 13. The Hall–Kier alpha value is -4.01. The molecule has 12 nitrogen and oxygen atoms in total. The normalized spacial score (nSPS) is 13.9. The van der Waals surface area contributed by atoms with Crippen molar-refractivity contribution in [2.75, 3.05) is 32.6 Å². The summed E-state index contributed by atoms with van der Waals surface area (Å²) in [6.07, 6.45) is 5.34. The summed E-state index contributed by atoms with van der Waals surface area (Å²) in [5.41, 5.74) is 0.920. The predicted molar refractivity (Wildman–Crippen MR) is 155 cm³/mol. The number of sulfone groups is 1. The number of pyridine rings is 1. The molecular formula is C27H29N7O5S2. The molecule has 5 rings (SSSR count). The summed E-state index contributed by atoms with van der Waals surface area (Å²) in [6, 6.07) is 11.2. The average molecular weight is 596 g/mol. The molecule has 0 radical (unpaired) electrons. The van der Waals surface area contributed by atoms with Crippen molar-refractivity contribution in [1.82, 2.24) is 24.8 Å². The number of hydrogen-bond acceptors (Lipinski definition) is 12. The van der Waals surface area contributed by atoms with Crippen LogP contribution in [0.1, 0.15) is 30.7 Å². The van der Waals surface area contributed by atoms with Gasteiger partial charge in [-0.15, -0.1) is 0 Å². The minimum atomic E-state index is -3.38. The number of aromatic nitrogens is 4. The van der Waals surface area contributed by atoms with Crippen molar-refractivity contribution in [3.63, 3.8) is 0 Å². The highest BCUT2D eigenvalue weighted by molar-refractivity contribution is 7.92. The molecule has 1 N–H and O–H groups in total. The highest BCUT2D eigenvalue weighted by Gasteiger charge is 2.36. The molecule has 1 aromatic carbocycles. The standard InChI is InChI=1S/C27H29N7O5S2/c1-34(2)15-4-16-38-23-12-11-21-26(31-23)40-27(30-21)32-25(35)24(33-39-17-22-28-13-3-14-29-22)18-5-7-19(8-6-18)41(36,37)20-9-10-20/h3,5-8,11-14,20H,4,9-10,15-17H2,1-2H3,(H,30,32,35)/b33-24+. The first-order chi connectivity index (χ1) is 19.8. The summed E-state index contributed by atoms with van der Waals surface area (Å²) >= 11 is 1.20. The van der Waals surface area contributed by atoms with Gasteiger partial charge in [0.25, 0.3) is 5.91 Å². The largest absolute Gasteiger partial charge is 0.478 e. The van der Waals surface area contributed by atoms with Crippen LogP contribution in [-0.2, 0) is 26.1 Å². The molecule has 214 valence electrons. The third kappa shape index (κ3) is 7.39. The number of carbonyl (C=O) groups is 1. The fraction of sp³-hybridized carbons (Fsp3) is 0.333. The van der Waals surface area contributed by atoms with Crippen molar-refractivity contribution in [3.05, 3.63) is 66.2 Å². The summed E-state index contributed by atoms with van der Waals surface area (Å²) in [7, 11) is 0.636. The van der Waals surface area contributed by atoms with E-state index in [1.165, 1.54) is 35.6 Å². The van der Waals surface area contributed by atoms with Crippen molar-refractivity contribution in [3.8, 4) is 5.88 Å². The van der Waals surface area contributed by atoms with Crippen molar-refractivity contribution < 1.29 is 22.8 Å². The number of fused-ring (bicyclic) bond motifs is 1. The van der Waals surface area contributed by atoms with E-state index in [1.54, 1.807) is 30.6 Å². The molecule has 14 heteroatoms. The van der Waals surface area contributed by atoms with Crippen LogP contribution in [0.5, 0.6) is 5.88 Å². The smallest absolute Gasteiger partial charge is 0.280 e. The number of ether oxygens (including phenoxy) is 1. The molecule has 41 heavy (non-hydrogen) atoms. The predicted octanol–water partition coefficient (Wildman–Crippen LogP) is 3.31. The van der Waals surface area contributed by atoms with Crippen molar-refractivity contribution in [2.24, 2.45) is 5.16 Å². The van der Waals surface area contributed by atoms with E-state index >= 15 is 0 Å². The van der Waals surface area contributed by atoms with E-state index in [9.17, 15) is 13.2 Å². The SMILES string of the molecule is CN(C)CCCOc1ccc2nc(NC(=O)/C(=N/OCc3ncccn3)c3ccc(S(=O)(=O)C4CC4)cc3)sc2n1. The fourth-order valence-corrected chi connectivity index (χ4v) is 6.29. The Morgan fingerprint density at radius 2 is 1.85 bits per heavy atom. The third-order valence-electron chi connectivity index (χ3n) is 6.05. The highest BCUT2D eigenvalue weighted by Crippen LogP contribution is 2.33. The Labute approximate surface area is 241 Å². The zero-order valence-electron chi connectivity index (χ0n) is 22.6. The second-order valence-corrected chi connectivity index (χ2v) is 12.8. The number of anilines is 1. The van der Waals surface area contributed by atoms with Crippen LogP contribution >= 0.6 is 11.3 Å². The zero-order chi connectivity index (χ0) is 28.8. The van der Waals surface area contributed by atoms with Crippen molar-refractivity contribution in [2.45, 2.75) is 36.0 Å². The van der Waals surface area contributed by atoms with Gasteiger partial charge >= 0.3 is 0 Å². The Morgan fingerprint density at radius 1 is 1.10 bits per heavy atom. The van der Waals surface area contributed by atoms with Crippen molar-refractivity contribution in [1.29, 1.82) is 0 Å². The lowest BCUT2D eigenvalue weighted by molar-refractivity contribution is -0.110. The number of benzene rings is 1. The zero-order valence-corrected chi connectivity index (χ0v) is 24.2. The highest BCUT2D eigenvalue weighted by atomic mass is 32.2. The molecule has 0 spiro atoms. The lowest BCUT2D eigenvalue weighted by Crippen LogP contribution is -2.24. The minimum absolute atomic E-state index is 0.0614. The molecule has 1 aliphatic rings. The molecule has 3 aromatic heterocycles. The van der Waals surface area contributed by atoms with Gasteiger partial charge in [0, 0.05) is 30.6 Å². The van der Waals surface area contributed by atoms with Gasteiger partial charge in [-0.3, -0.25) is 10.1 Å². The summed E-state index contributed by atoms with van der Waals surface area (Å²) < 4.78 is 31.0. The first-order valence-corrected chi connectivity index (χ1v) is 15.3. The van der Waals surface area contributed by atoms with Gasteiger partial charge in [-0.1, -0.05) is 28.6 Å². The van der Waals surface area contributed by atoms with Gasteiger partial charge in [-0.25, -0.2) is 28.4 Å². The van der Waals surface area contributed by atoms with Gasteiger partial charge in [-0.2, -0.15) is 0 Å². The molecule has 4 aromatic rings. The van der Waals surface area contributed by atoms with Crippen LogP contribution in [0.3, 0.4) is 0 Å². The summed E-state index contributed by atoms with van der Waals surface area (Å²) in [6.45, 7) is 1.38. The summed E-state index contributed by atoms with van der Waals surface area (Å²) in [4.78, 5) is 38.8. The molecule has 1 saturated carbocycles. The number of amides is 1. The Balaban J connectivity index is 1.33. The molecule has 0 unspecified atom stereocenters. The van der Waals surface area contributed by atoms with Gasteiger partial charge in [0.1, 0.15) is 10.3 Å². The van der Waals surface area contributed by atoms with E-state index in [2.05, 4.69) is 35.3 Å². The number of carbonyl (C=O) groups excluding carboxylic acids is 1. The lowest BCUT2D eigenvalue weighted by atomic mass is 10.1. The van der Waals surface area contributed by atoms with E-state index in [0.29, 0.717) is 52.2 Å². The molecule has 0 saturated heterocycles. The van der Waals surface area contributed by atoms with Crippen LogP contribution in [0.2, 0.25) is 0 Å². The number of thiazole rings is 1. The third-order valence-corrected chi connectivity index (χ3v) is 9.21. The Bertz CT molecular complexity index is 1640. The van der Waals surface area contributed by atoms with E-state index < -0.39 is 15.7 Å². The molecule has 0 aliphatic heterocycles. The van der Waals surface area contributed by atoms with Gasteiger partial charge in [-0.05, 0) is 57.6 Å².